The van der Waals surface area contributed by atoms with E-state index >= 15 is 0 Å². The zero-order valence-electron chi connectivity index (χ0n) is 12.2. The van der Waals surface area contributed by atoms with Gasteiger partial charge in [0.05, 0.1) is 0 Å². The number of carbonyl (C=O) groups excluding carboxylic acids is 2. The number of phenolic OH excluding ortho intramolecular Hbond substituents is 2. The Bertz CT molecular complexity index is 571. The highest BCUT2D eigenvalue weighted by molar-refractivity contribution is 5.80. The Morgan fingerprint density at radius 3 is 2.22 bits per heavy atom. The zero-order valence-corrected chi connectivity index (χ0v) is 12.2. The topological polar surface area (TPSA) is 165 Å². The van der Waals surface area contributed by atoms with Gasteiger partial charge in [0.2, 0.25) is 0 Å². The second kappa shape index (κ2) is 7.88. The van der Waals surface area contributed by atoms with Gasteiger partial charge in [-0.3, -0.25) is 4.79 Å². The van der Waals surface area contributed by atoms with E-state index in [0.717, 1.165) is 19.1 Å². The van der Waals surface area contributed by atoms with Gasteiger partial charge in [0, 0.05) is 0 Å². The summed E-state index contributed by atoms with van der Waals surface area (Å²) in [4.78, 5) is 22.5. The number of ketones is 1. The number of esters is 1. The average molecular weight is 330 g/mol. The van der Waals surface area contributed by atoms with Gasteiger partial charge in [0.25, 0.3) is 0 Å². The lowest BCUT2D eigenvalue weighted by atomic mass is 10.1. The predicted octanol–water partition coefficient (Wildman–Crippen LogP) is -1.65. The van der Waals surface area contributed by atoms with E-state index in [-0.39, 0.29) is 5.56 Å². The standard InChI is InChI=1S/C14H18O9/c1-6(15)11(19)13(21)10(18)5-23-14(22)12(20)7-2-3-8(16)9(17)4-7/h2-4,10-13,16-21H,5H2,1H3. The molecule has 0 heterocycles. The minimum Gasteiger partial charge on any atom is -0.504 e. The molecular formula is C14H18O9. The number of aliphatic hydroxyl groups is 4. The van der Waals surface area contributed by atoms with Crippen LogP contribution in [0.5, 0.6) is 11.5 Å². The predicted molar refractivity (Wildman–Crippen MR) is 74.4 cm³/mol. The summed E-state index contributed by atoms with van der Waals surface area (Å²) < 4.78 is 4.58. The molecule has 4 atom stereocenters. The first kappa shape index (κ1) is 18.8. The van der Waals surface area contributed by atoms with Gasteiger partial charge in [-0.05, 0) is 24.6 Å². The molecule has 1 aromatic carbocycles. The zero-order chi connectivity index (χ0) is 17.7. The minimum absolute atomic E-state index is 0.0656. The molecule has 0 radical (unpaired) electrons. The first-order valence-electron chi connectivity index (χ1n) is 6.56. The molecule has 0 aliphatic heterocycles. The molecule has 0 aromatic heterocycles. The molecule has 0 aliphatic carbocycles. The molecule has 1 aromatic rings. The molecule has 0 spiro atoms. The van der Waals surface area contributed by atoms with E-state index in [1.807, 2.05) is 0 Å². The highest BCUT2D eigenvalue weighted by Crippen LogP contribution is 2.28. The van der Waals surface area contributed by atoms with Crippen LogP contribution in [0, 0.1) is 0 Å². The van der Waals surface area contributed by atoms with Crippen LogP contribution >= 0.6 is 0 Å². The van der Waals surface area contributed by atoms with Crippen molar-refractivity contribution in [2.75, 3.05) is 6.61 Å². The summed E-state index contributed by atoms with van der Waals surface area (Å²) in [5, 5.41) is 56.4. The van der Waals surface area contributed by atoms with Crippen molar-refractivity contribution < 1.29 is 45.0 Å². The summed E-state index contributed by atoms with van der Waals surface area (Å²) in [5.74, 6) is -2.96. The van der Waals surface area contributed by atoms with Gasteiger partial charge >= 0.3 is 5.97 Å². The Morgan fingerprint density at radius 1 is 1.09 bits per heavy atom. The molecule has 0 bridgehead atoms. The lowest BCUT2D eigenvalue weighted by Crippen LogP contribution is -2.44. The number of carbonyl (C=O) groups is 2. The number of ether oxygens (including phenoxy) is 1. The number of Topliss-reactive ketones (excluding diaryl/α,β-unsaturated/α-hetero) is 1. The van der Waals surface area contributed by atoms with Crippen molar-refractivity contribution in [3.05, 3.63) is 23.8 Å². The number of phenols is 2. The normalized spacial score (nSPS) is 16.2. The van der Waals surface area contributed by atoms with Crippen LogP contribution in [-0.2, 0) is 14.3 Å². The average Bonchev–Trinajstić information content (AvgIpc) is 2.52. The summed E-state index contributed by atoms with van der Waals surface area (Å²) in [5.41, 5.74) is -0.0656. The Labute approximate surface area is 131 Å². The molecule has 1 rings (SSSR count). The molecule has 128 valence electrons. The summed E-state index contributed by atoms with van der Waals surface area (Å²) in [6, 6.07) is 3.18. The number of aromatic hydroxyl groups is 2. The molecular weight excluding hydrogens is 312 g/mol. The van der Waals surface area contributed by atoms with E-state index in [1.165, 1.54) is 6.07 Å². The molecule has 9 nitrogen and oxygen atoms in total. The smallest absolute Gasteiger partial charge is 0.339 e. The van der Waals surface area contributed by atoms with Crippen molar-refractivity contribution in [1.29, 1.82) is 0 Å². The Kier molecular flexibility index (Phi) is 6.46. The van der Waals surface area contributed by atoms with Gasteiger partial charge in [-0.25, -0.2) is 4.79 Å². The van der Waals surface area contributed by atoms with Crippen LogP contribution < -0.4 is 0 Å². The van der Waals surface area contributed by atoms with Crippen LogP contribution in [0.25, 0.3) is 0 Å². The third-order valence-corrected chi connectivity index (χ3v) is 3.07. The number of hydrogen-bond donors (Lipinski definition) is 6. The molecule has 23 heavy (non-hydrogen) atoms. The first-order chi connectivity index (χ1) is 10.6. The second-order valence-electron chi connectivity index (χ2n) is 4.89. The number of hydrogen-bond acceptors (Lipinski definition) is 9. The van der Waals surface area contributed by atoms with Gasteiger partial charge in [-0.15, -0.1) is 0 Å². The maximum absolute atomic E-state index is 11.6. The van der Waals surface area contributed by atoms with Gasteiger partial charge in [0.15, 0.2) is 23.4 Å². The summed E-state index contributed by atoms with van der Waals surface area (Å²) in [7, 11) is 0. The Morgan fingerprint density at radius 2 is 1.70 bits per heavy atom. The van der Waals surface area contributed by atoms with Gasteiger partial charge in [-0.2, -0.15) is 0 Å². The van der Waals surface area contributed by atoms with Crippen molar-refractivity contribution in [3.63, 3.8) is 0 Å². The van der Waals surface area contributed by atoms with Gasteiger partial charge in [0.1, 0.15) is 24.9 Å². The fourth-order valence-corrected chi connectivity index (χ4v) is 1.64. The summed E-state index contributed by atoms with van der Waals surface area (Å²) in [6.07, 6.45) is -7.22. The molecule has 0 amide bonds. The van der Waals surface area contributed by atoms with Gasteiger partial charge in [-0.1, -0.05) is 6.07 Å². The molecule has 0 aliphatic rings. The van der Waals surface area contributed by atoms with E-state index < -0.39 is 54.3 Å². The molecule has 0 saturated carbocycles. The van der Waals surface area contributed by atoms with Crippen molar-refractivity contribution >= 4 is 11.8 Å². The molecule has 0 saturated heterocycles. The number of benzene rings is 1. The third kappa shape index (κ3) is 4.89. The quantitative estimate of drug-likeness (QED) is 0.254. The van der Waals surface area contributed by atoms with E-state index in [0.29, 0.717) is 0 Å². The number of aliphatic hydroxyl groups excluding tert-OH is 4. The van der Waals surface area contributed by atoms with E-state index in [2.05, 4.69) is 4.74 Å². The fraction of sp³-hybridized carbons (Fsp3) is 0.429. The Balaban J connectivity index is 2.61. The minimum atomic E-state index is -1.85. The SMILES string of the molecule is CC(=O)C(O)C(O)C(O)COC(=O)C(O)c1ccc(O)c(O)c1. The van der Waals surface area contributed by atoms with E-state index in [9.17, 15) is 35.1 Å². The second-order valence-corrected chi connectivity index (χ2v) is 4.89. The summed E-state index contributed by atoms with van der Waals surface area (Å²) >= 11 is 0. The Hall–Kier alpha value is -2.20. The lowest BCUT2D eigenvalue weighted by Gasteiger charge is -2.21. The maximum atomic E-state index is 11.6. The maximum Gasteiger partial charge on any atom is 0.339 e. The molecule has 0 fully saturated rings. The van der Waals surface area contributed by atoms with Crippen LogP contribution in [0.15, 0.2) is 18.2 Å². The van der Waals surface area contributed by atoms with Crippen molar-refractivity contribution in [2.24, 2.45) is 0 Å². The van der Waals surface area contributed by atoms with E-state index in [1.54, 1.807) is 0 Å². The van der Waals surface area contributed by atoms with Crippen LogP contribution in [0.3, 0.4) is 0 Å². The van der Waals surface area contributed by atoms with Crippen molar-refractivity contribution in [1.82, 2.24) is 0 Å². The van der Waals surface area contributed by atoms with Crippen LogP contribution in [0.4, 0.5) is 0 Å². The van der Waals surface area contributed by atoms with Gasteiger partial charge < -0.3 is 35.4 Å². The van der Waals surface area contributed by atoms with Crippen molar-refractivity contribution in [2.45, 2.75) is 31.3 Å². The van der Waals surface area contributed by atoms with Crippen molar-refractivity contribution in [3.8, 4) is 11.5 Å². The summed E-state index contributed by atoms with van der Waals surface area (Å²) in [6.45, 7) is 0.235. The fourth-order valence-electron chi connectivity index (χ4n) is 1.64. The molecule has 4 unspecified atom stereocenters. The molecule has 6 N–H and O–H groups in total. The molecule has 9 heteroatoms. The number of rotatable bonds is 7. The van der Waals surface area contributed by atoms with Crippen LogP contribution in [-0.4, -0.2) is 67.3 Å². The monoisotopic (exact) mass is 330 g/mol. The largest absolute Gasteiger partial charge is 0.504 e. The lowest BCUT2D eigenvalue weighted by molar-refractivity contribution is -0.162. The van der Waals surface area contributed by atoms with Crippen LogP contribution in [0.1, 0.15) is 18.6 Å². The highest BCUT2D eigenvalue weighted by Gasteiger charge is 2.30. The third-order valence-electron chi connectivity index (χ3n) is 3.07. The highest BCUT2D eigenvalue weighted by atomic mass is 16.6. The van der Waals surface area contributed by atoms with Crippen LogP contribution in [0.2, 0.25) is 0 Å². The van der Waals surface area contributed by atoms with E-state index in [4.69, 9.17) is 5.11 Å². The first-order valence-corrected chi connectivity index (χ1v) is 6.56.